The van der Waals surface area contributed by atoms with Gasteiger partial charge in [0.2, 0.25) is 0 Å². The quantitative estimate of drug-likeness (QED) is 0.749. The lowest BCUT2D eigenvalue weighted by molar-refractivity contribution is 0.0873. The summed E-state index contributed by atoms with van der Waals surface area (Å²) in [6.07, 6.45) is 1.79. The number of carbonyl (C=O) groups is 1. The molecule has 1 aliphatic heterocycles. The molecule has 1 saturated heterocycles. The number of nitrogens with two attached hydrogens (primary N) is 1. The molecule has 1 amide bonds. The van der Waals surface area contributed by atoms with Gasteiger partial charge in [0.25, 0.3) is 5.91 Å². The van der Waals surface area contributed by atoms with Crippen molar-refractivity contribution in [3.05, 3.63) is 23.8 Å². The molecule has 0 saturated carbocycles. The van der Waals surface area contributed by atoms with E-state index in [-0.39, 0.29) is 23.0 Å². The number of hydrogen-bond donors (Lipinski definition) is 3. The Morgan fingerprint density at radius 1 is 1.27 bits per heavy atom. The second-order valence-corrected chi connectivity index (χ2v) is 7.43. The summed E-state index contributed by atoms with van der Waals surface area (Å²) in [6.45, 7) is 8.66. The summed E-state index contributed by atoms with van der Waals surface area (Å²) in [4.78, 5) is 12.5. The molecule has 0 unspecified atom stereocenters. The third-order valence-electron chi connectivity index (χ3n) is 4.02. The largest absolute Gasteiger partial charge is 0.495 e. The van der Waals surface area contributed by atoms with E-state index in [9.17, 15) is 4.79 Å². The minimum Gasteiger partial charge on any atom is -0.495 e. The molecule has 1 heterocycles. The first-order chi connectivity index (χ1) is 10.1. The maximum absolute atomic E-state index is 12.5. The van der Waals surface area contributed by atoms with E-state index in [1.54, 1.807) is 25.3 Å². The van der Waals surface area contributed by atoms with Crippen molar-refractivity contribution in [3.63, 3.8) is 0 Å². The van der Waals surface area contributed by atoms with E-state index in [4.69, 9.17) is 10.5 Å². The average molecular weight is 305 g/mol. The number of rotatable bonds is 3. The molecule has 0 spiro atoms. The Morgan fingerprint density at radius 2 is 1.86 bits per heavy atom. The molecule has 0 aromatic heterocycles. The number of anilines is 1. The van der Waals surface area contributed by atoms with Crippen LogP contribution in [0.5, 0.6) is 5.75 Å². The van der Waals surface area contributed by atoms with Crippen LogP contribution in [0.25, 0.3) is 0 Å². The third-order valence-corrected chi connectivity index (χ3v) is 4.02. The number of methoxy groups -OCH3 is 1. The molecule has 1 aliphatic rings. The van der Waals surface area contributed by atoms with Gasteiger partial charge in [0.15, 0.2) is 0 Å². The van der Waals surface area contributed by atoms with E-state index in [0.29, 0.717) is 17.0 Å². The topological polar surface area (TPSA) is 76.4 Å². The van der Waals surface area contributed by atoms with Crippen molar-refractivity contribution < 1.29 is 9.53 Å². The molecule has 0 radical (unpaired) electrons. The van der Waals surface area contributed by atoms with Crippen LogP contribution in [-0.2, 0) is 0 Å². The van der Waals surface area contributed by atoms with Crippen molar-refractivity contribution in [1.29, 1.82) is 0 Å². The molecule has 5 nitrogen and oxygen atoms in total. The molecule has 22 heavy (non-hydrogen) atoms. The van der Waals surface area contributed by atoms with Crippen LogP contribution in [0.2, 0.25) is 0 Å². The summed E-state index contributed by atoms with van der Waals surface area (Å²) in [5.74, 6) is 0.440. The Bertz CT molecular complexity index is 551. The van der Waals surface area contributed by atoms with E-state index in [2.05, 4.69) is 38.3 Å². The van der Waals surface area contributed by atoms with Crippen molar-refractivity contribution >= 4 is 11.6 Å². The van der Waals surface area contributed by atoms with Crippen molar-refractivity contribution in [1.82, 2.24) is 10.6 Å². The van der Waals surface area contributed by atoms with Gasteiger partial charge in [-0.3, -0.25) is 4.79 Å². The number of piperidine rings is 1. The highest BCUT2D eigenvalue weighted by molar-refractivity contribution is 5.95. The van der Waals surface area contributed by atoms with Gasteiger partial charge in [-0.15, -0.1) is 0 Å². The van der Waals surface area contributed by atoms with Gasteiger partial charge >= 0.3 is 0 Å². The van der Waals surface area contributed by atoms with E-state index in [0.717, 1.165) is 12.8 Å². The van der Waals surface area contributed by atoms with Crippen LogP contribution in [-0.4, -0.2) is 30.1 Å². The molecule has 122 valence electrons. The highest BCUT2D eigenvalue weighted by Crippen LogP contribution is 2.29. The van der Waals surface area contributed by atoms with Crippen molar-refractivity contribution in [2.45, 2.75) is 57.7 Å². The van der Waals surface area contributed by atoms with Crippen LogP contribution >= 0.6 is 0 Å². The fourth-order valence-corrected chi connectivity index (χ4v) is 3.55. The predicted octanol–water partition coefficient (Wildman–Crippen LogP) is 2.32. The molecule has 0 bridgehead atoms. The molecule has 0 atom stereocenters. The van der Waals surface area contributed by atoms with Crippen molar-refractivity contribution in [2.24, 2.45) is 0 Å². The lowest BCUT2D eigenvalue weighted by atomic mass is 9.79. The van der Waals surface area contributed by atoms with Gasteiger partial charge in [-0.05, 0) is 58.7 Å². The summed E-state index contributed by atoms with van der Waals surface area (Å²) in [5, 5.41) is 6.75. The second-order valence-electron chi connectivity index (χ2n) is 7.43. The van der Waals surface area contributed by atoms with E-state index < -0.39 is 0 Å². The van der Waals surface area contributed by atoms with Crippen LogP contribution in [0.3, 0.4) is 0 Å². The van der Waals surface area contributed by atoms with Gasteiger partial charge in [0.1, 0.15) is 5.75 Å². The second kappa shape index (κ2) is 5.80. The van der Waals surface area contributed by atoms with Crippen LogP contribution in [0, 0.1) is 0 Å². The maximum atomic E-state index is 12.5. The molecule has 5 heteroatoms. The van der Waals surface area contributed by atoms with E-state index in [1.165, 1.54) is 0 Å². The summed E-state index contributed by atoms with van der Waals surface area (Å²) in [5.41, 5.74) is 6.89. The molecule has 1 aromatic carbocycles. The number of nitrogen functional groups attached to an aromatic ring is 1. The SMILES string of the molecule is COc1cc(C(=O)NC2CC(C)(C)NC(C)(C)C2)ccc1N. The summed E-state index contributed by atoms with van der Waals surface area (Å²) in [6, 6.07) is 5.25. The Labute approximate surface area is 132 Å². The Balaban J connectivity index is 2.11. The zero-order chi connectivity index (χ0) is 16.5. The standard InChI is InChI=1S/C17H27N3O2/c1-16(2)9-12(10-17(3,4)20-16)19-15(21)11-6-7-13(18)14(8-11)22-5/h6-8,12,20H,9-10,18H2,1-5H3,(H,19,21). The van der Waals surface area contributed by atoms with Gasteiger partial charge in [0.05, 0.1) is 12.8 Å². The van der Waals surface area contributed by atoms with Crippen molar-refractivity contribution in [2.75, 3.05) is 12.8 Å². The number of nitrogens with one attached hydrogen (secondary N) is 2. The first-order valence-corrected chi connectivity index (χ1v) is 7.66. The predicted molar refractivity (Wildman–Crippen MR) is 89.2 cm³/mol. The number of amides is 1. The number of carbonyl (C=O) groups excluding carboxylic acids is 1. The Morgan fingerprint density at radius 3 is 2.41 bits per heavy atom. The Kier molecular flexibility index (Phi) is 4.38. The summed E-state index contributed by atoms with van der Waals surface area (Å²) < 4.78 is 5.18. The number of benzene rings is 1. The first kappa shape index (κ1) is 16.6. The van der Waals surface area contributed by atoms with Crippen LogP contribution in [0.15, 0.2) is 18.2 Å². The smallest absolute Gasteiger partial charge is 0.251 e. The number of hydrogen-bond acceptors (Lipinski definition) is 4. The average Bonchev–Trinajstić information content (AvgIpc) is 2.35. The number of ether oxygens (including phenoxy) is 1. The molecule has 1 aromatic rings. The molecule has 2 rings (SSSR count). The summed E-state index contributed by atoms with van der Waals surface area (Å²) in [7, 11) is 1.55. The van der Waals surface area contributed by atoms with Crippen LogP contribution in [0.1, 0.15) is 50.9 Å². The van der Waals surface area contributed by atoms with Gasteiger partial charge in [-0.1, -0.05) is 0 Å². The van der Waals surface area contributed by atoms with Crippen molar-refractivity contribution in [3.8, 4) is 5.75 Å². The van der Waals surface area contributed by atoms with Crippen LogP contribution < -0.4 is 21.1 Å². The third kappa shape index (κ3) is 3.91. The van der Waals surface area contributed by atoms with E-state index in [1.807, 2.05) is 0 Å². The normalized spacial score (nSPS) is 20.4. The maximum Gasteiger partial charge on any atom is 0.251 e. The van der Waals surface area contributed by atoms with Gasteiger partial charge in [-0.2, -0.15) is 0 Å². The zero-order valence-corrected chi connectivity index (χ0v) is 14.1. The minimum absolute atomic E-state index is 0.00149. The van der Waals surface area contributed by atoms with Crippen LogP contribution in [0.4, 0.5) is 5.69 Å². The fourth-order valence-electron chi connectivity index (χ4n) is 3.55. The molecular formula is C17H27N3O2. The zero-order valence-electron chi connectivity index (χ0n) is 14.1. The monoisotopic (exact) mass is 305 g/mol. The van der Waals surface area contributed by atoms with Gasteiger partial charge in [-0.25, -0.2) is 0 Å². The molecule has 4 N–H and O–H groups in total. The highest BCUT2D eigenvalue weighted by Gasteiger charge is 2.38. The lowest BCUT2D eigenvalue weighted by Gasteiger charge is -2.46. The lowest BCUT2D eigenvalue weighted by Crippen LogP contribution is -2.62. The van der Waals surface area contributed by atoms with E-state index >= 15 is 0 Å². The molecule has 1 fully saturated rings. The highest BCUT2D eigenvalue weighted by atomic mass is 16.5. The molecule has 0 aliphatic carbocycles. The Hall–Kier alpha value is -1.75. The molecular weight excluding hydrogens is 278 g/mol. The minimum atomic E-state index is -0.0863. The van der Waals surface area contributed by atoms with Gasteiger partial charge in [0, 0.05) is 22.7 Å². The fraction of sp³-hybridized carbons (Fsp3) is 0.588. The summed E-state index contributed by atoms with van der Waals surface area (Å²) >= 11 is 0. The van der Waals surface area contributed by atoms with Gasteiger partial charge < -0.3 is 21.1 Å². The first-order valence-electron chi connectivity index (χ1n) is 7.66.